The Kier molecular flexibility index (Phi) is 5.27. The lowest BCUT2D eigenvalue weighted by Crippen LogP contribution is -2.43. The molecule has 1 aliphatic heterocycles. The van der Waals surface area contributed by atoms with E-state index in [0.717, 1.165) is 50.3 Å². The van der Waals surface area contributed by atoms with Crippen molar-refractivity contribution < 1.29 is 4.79 Å². The van der Waals surface area contributed by atoms with Crippen molar-refractivity contribution in [1.29, 1.82) is 0 Å². The van der Waals surface area contributed by atoms with Gasteiger partial charge in [0.25, 0.3) is 0 Å². The average Bonchev–Trinajstić information content (AvgIpc) is 2.47. The maximum absolute atomic E-state index is 12.4. The molecule has 0 unspecified atom stereocenters. The van der Waals surface area contributed by atoms with Crippen molar-refractivity contribution in [3.63, 3.8) is 0 Å². The van der Waals surface area contributed by atoms with Gasteiger partial charge >= 0.3 is 0 Å². The number of hydrogen-bond acceptors (Lipinski definition) is 3. The minimum atomic E-state index is 0.237. The molecule has 0 atom stereocenters. The van der Waals surface area contributed by atoms with Gasteiger partial charge in [0.2, 0.25) is 5.91 Å². The molecule has 1 aromatic carbocycles. The predicted octanol–water partition coefficient (Wildman–Crippen LogP) is 2.50. The van der Waals surface area contributed by atoms with Crippen LogP contribution in [0.25, 0.3) is 0 Å². The maximum atomic E-state index is 12.4. The van der Waals surface area contributed by atoms with Gasteiger partial charge in [-0.2, -0.15) is 0 Å². The Bertz CT molecular complexity index is 441. The Morgan fingerprint density at radius 2 is 2.05 bits per heavy atom. The van der Waals surface area contributed by atoms with E-state index in [2.05, 4.69) is 11.8 Å². The zero-order valence-corrected chi connectivity index (χ0v) is 12.3. The molecular weight excluding hydrogens is 250 g/mol. The van der Waals surface area contributed by atoms with Crippen LogP contribution in [-0.2, 0) is 4.79 Å². The zero-order chi connectivity index (χ0) is 14.4. The summed E-state index contributed by atoms with van der Waals surface area (Å²) in [7, 11) is 0. The Hall–Kier alpha value is -1.71. The third kappa shape index (κ3) is 3.89. The van der Waals surface area contributed by atoms with Gasteiger partial charge in [0.1, 0.15) is 0 Å². The molecule has 0 bridgehead atoms. The number of nitrogens with zero attached hydrogens (tertiary/aromatic N) is 2. The van der Waals surface area contributed by atoms with Crippen molar-refractivity contribution in [3.05, 3.63) is 24.3 Å². The Labute approximate surface area is 121 Å². The van der Waals surface area contributed by atoms with Gasteiger partial charge in [-0.1, -0.05) is 13.0 Å². The van der Waals surface area contributed by atoms with Crippen LogP contribution in [0.1, 0.15) is 32.6 Å². The molecule has 2 rings (SSSR count). The first kappa shape index (κ1) is 14.7. The van der Waals surface area contributed by atoms with E-state index in [0.29, 0.717) is 6.54 Å². The summed E-state index contributed by atoms with van der Waals surface area (Å²) in [6, 6.07) is 7.79. The maximum Gasteiger partial charge on any atom is 0.242 e. The second kappa shape index (κ2) is 7.17. The summed E-state index contributed by atoms with van der Waals surface area (Å²) < 4.78 is 0. The van der Waals surface area contributed by atoms with Gasteiger partial charge < -0.3 is 15.5 Å². The number of carbonyl (C=O) groups is 1. The molecule has 1 fully saturated rings. The van der Waals surface area contributed by atoms with Crippen molar-refractivity contribution in [1.82, 2.24) is 4.90 Å². The predicted molar refractivity (Wildman–Crippen MR) is 83.8 cm³/mol. The fourth-order valence-corrected chi connectivity index (χ4v) is 2.70. The molecule has 0 spiro atoms. The molecule has 1 aliphatic rings. The zero-order valence-electron chi connectivity index (χ0n) is 12.3. The normalized spacial score (nSPS) is 15.2. The van der Waals surface area contributed by atoms with Gasteiger partial charge in [-0.05, 0) is 43.9 Å². The first-order valence-corrected chi connectivity index (χ1v) is 7.59. The quantitative estimate of drug-likeness (QED) is 0.840. The fourth-order valence-electron chi connectivity index (χ4n) is 2.70. The number of amides is 1. The van der Waals surface area contributed by atoms with Gasteiger partial charge in [-0.25, -0.2) is 0 Å². The van der Waals surface area contributed by atoms with Gasteiger partial charge in [0.15, 0.2) is 0 Å². The minimum absolute atomic E-state index is 0.237. The molecule has 0 radical (unpaired) electrons. The molecular formula is C16H25N3O. The number of likely N-dealkylation sites (tertiary alicyclic amines) is 1. The van der Waals surface area contributed by atoms with Crippen molar-refractivity contribution in [2.45, 2.75) is 32.6 Å². The van der Waals surface area contributed by atoms with Crippen molar-refractivity contribution >= 4 is 17.3 Å². The number of nitrogen functional groups attached to an aromatic ring is 1. The van der Waals surface area contributed by atoms with Crippen molar-refractivity contribution in [2.24, 2.45) is 0 Å². The average molecular weight is 275 g/mol. The molecule has 20 heavy (non-hydrogen) atoms. The fraction of sp³-hybridized carbons (Fsp3) is 0.562. The smallest absolute Gasteiger partial charge is 0.242 e. The van der Waals surface area contributed by atoms with Gasteiger partial charge in [0, 0.05) is 31.0 Å². The molecule has 1 heterocycles. The number of carbonyl (C=O) groups excluding carboxylic acids is 1. The summed E-state index contributed by atoms with van der Waals surface area (Å²) in [5, 5.41) is 0. The molecule has 1 aromatic rings. The van der Waals surface area contributed by atoms with E-state index < -0.39 is 0 Å². The van der Waals surface area contributed by atoms with Crippen LogP contribution in [0.3, 0.4) is 0 Å². The van der Waals surface area contributed by atoms with E-state index in [4.69, 9.17) is 5.73 Å². The molecule has 1 saturated heterocycles. The SMILES string of the molecule is CCCN(CC(=O)N1CCCCC1)c1cccc(N)c1. The third-order valence-corrected chi connectivity index (χ3v) is 3.76. The monoisotopic (exact) mass is 275 g/mol. The molecule has 0 aromatic heterocycles. The third-order valence-electron chi connectivity index (χ3n) is 3.76. The number of piperidine rings is 1. The molecule has 110 valence electrons. The summed E-state index contributed by atoms with van der Waals surface area (Å²) in [6.07, 6.45) is 4.54. The topological polar surface area (TPSA) is 49.6 Å². The number of hydrogen-bond donors (Lipinski definition) is 1. The highest BCUT2D eigenvalue weighted by Crippen LogP contribution is 2.18. The van der Waals surface area contributed by atoms with Crippen LogP contribution in [-0.4, -0.2) is 37.0 Å². The van der Waals surface area contributed by atoms with E-state index in [9.17, 15) is 4.79 Å². The second-order valence-corrected chi connectivity index (χ2v) is 5.46. The second-order valence-electron chi connectivity index (χ2n) is 5.46. The van der Waals surface area contributed by atoms with Crippen LogP contribution in [0.2, 0.25) is 0 Å². The van der Waals surface area contributed by atoms with Gasteiger partial charge in [-0.15, -0.1) is 0 Å². The van der Waals surface area contributed by atoms with Crippen LogP contribution in [0.15, 0.2) is 24.3 Å². The number of anilines is 2. The van der Waals surface area contributed by atoms with Gasteiger partial charge in [0.05, 0.1) is 6.54 Å². The standard InChI is InChI=1S/C16H25N3O/c1-2-9-19(15-8-6-7-14(17)12-15)13-16(20)18-10-4-3-5-11-18/h6-8,12H,2-5,9-11,13,17H2,1H3. The molecule has 4 heteroatoms. The van der Waals surface area contributed by atoms with E-state index in [-0.39, 0.29) is 5.91 Å². The van der Waals surface area contributed by atoms with E-state index in [1.165, 1.54) is 6.42 Å². The number of nitrogens with two attached hydrogens (primary N) is 1. The van der Waals surface area contributed by atoms with E-state index in [1.807, 2.05) is 29.2 Å². The van der Waals surface area contributed by atoms with Crippen LogP contribution >= 0.6 is 0 Å². The largest absolute Gasteiger partial charge is 0.399 e. The van der Waals surface area contributed by atoms with Crippen LogP contribution in [0.5, 0.6) is 0 Å². The highest BCUT2D eigenvalue weighted by molar-refractivity contribution is 5.81. The summed E-state index contributed by atoms with van der Waals surface area (Å²) in [5.74, 6) is 0.237. The van der Waals surface area contributed by atoms with Crippen LogP contribution in [0, 0.1) is 0 Å². The van der Waals surface area contributed by atoms with E-state index >= 15 is 0 Å². The van der Waals surface area contributed by atoms with Crippen LogP contribution in [0.4, 0.5) is 11.4 Å². The van der Waals surface area contributed by atoms with Gasteiger partial charge in [-0.3, -0.25) is 4.79 Å². The lowest BCUT2D eigenvalue weighted by Gasteiger charge is -2.31. The number of benzene rings is 1. The summed E-state index contributed by atoms with van der Waals surface area (Å²) in [6.45, 7) is 5.29. The summed E-state index contributed by atoms with van der Waals surface area (Å²) in [4.78, 5) is 16.5. The minimum Gasteiger partial charge on any atom is -0.399 e. The van der Waals surface area contributed by atoms with Crippen LogP contribution < -0.4 is 10.6 Å². The first-order valence-electron chi connectivity index (χ1n) is 7.59. The lowest BCUT2D eigenvalue weighted by atomic mass is 10.1. The Balaban J connectivity index is 2.03. The molecule has 0 aliphatic carbocycles. The molecule has 1 amide bonds. The van der Waals surface area contributed by atoms with Crippen molar-refractivity contribution in [2.75, 3.05) is 36.8 Å². The highest BCUT2D eigenvalue weighted by atomic mass is 16.2. The number of rotatable bonds is 5. The Morgan fingerprint density at radius 1 is 1.30 bits per heavy atom. The summed E-state index contributed by atoms with van der Waals surface area (Å²) >= 11 is 0. The van der Waals surface area contributed by atoms with E-state index in [1.54, 1.807) is 0 Å². The van der Waals surface area contributed by atoms with Crippen molar-refractivity contribution in [3.8, 4) is 0 Å². The lowest BCUT2D eigenvalue weighted by molar-refractivity contribution is -0.130. The summed E-state index contributed by atoms with van der Waals surface area (Å²) in [5.41, 5.74) is 7.63. The molecule has 0 saturated carbocycles. The molecule has 2 N–H and O–H groups in total. The first-order chi connectivity index (χ1) is 9.70. The molecule has 4 nitrogen and oxygen atoms in total. The Morgan fingerprint density at radius 3 is 2.70 bits per heavy atom. The highest BCUT2D eigenvalue weighted by Gasteiger charge is 2.19.